The van der Waals surface area contributed by atoms with Crippen LogP contribution < -0.4 is 10.1 Å². The Bertz CT molecular complexity index is 1020. The number of carbonyl (C=O) groups excluding carboxylic acids is 1. The summed E-state index contributed by atoms with van der Waals surface area (Å²) in [7, 11) is 0. The molecule has 0 bridgehead atoms. The van der Waals surface area contributed by atoms with Crippen molar-refractivity contribution in [2.24, 2.45) is 0 Å². The summed E-state index contributed by atoms with van der Waals surface area (Å²) in [4.78, 5) is 15.0. The molecule has 2 aromatic carbocycles. The molecule has 0 aliphatic carbocycles. The number of nitrogens with zero attached hydrogens (tertiary/aromatic N) is 1. The first kappa shape index (κ1) is 22.1. The summed E-state index contributed by atoms with van der Waals surface area (Å²) >= 11 is 0. The Morgan fingerprint density at radius 2 is 1.84 bits per heavy atom. The molecule has 3 aromatic rings. The van der Waals surface area contributed by atoms with Gasteiger partial charge in [-0.05, 0) is 53.4 Å². The summed E-state index contributed by atoms with van der Waals surface area (Å²) in [6, 6.07) is 19.4. The van der Waals surface area contributed by atoms with Crippen LogP contribution in [0, 0.1) is 0 Å². The van der Waals surface area contributed by atoms with Crippen molar-refractivity contribution in [1.29, 1.82) is 0 Å². The number of hydrogen-bond donors (Lipinski definition) is 1. The summed E-state index contributed by atoms with van der Waals surface area (Å²) in [5.41, 5.74) is 3.17. The summed E-state index contributed by atoms with van der Waals surface area (Å²) < 4.78 is 16.9. The minimum atomic E-state index is -0.277. The first-order valence-corrected chi connectivity index (χ1v) is 11.1. The van der Waals surface area contributed by atoms with Gasteiger partial charge in [0.05, 0.1) is 13.2 Å². The maximum atomic E-state index is 12.6. The summed E-state index contributed by atoms with van der Waals surface area (Å²) in [6.45, 7) is 8.81. The van der Waals surface area contributed by atoms with E-state index in [0.717, 1.165) is 49.8 Å². The van der Waals surface area contributed by atoms with Crippen LogP contribution in [-0.4, -0.2) is 37.1 Å². The second kappa shape index (κ2) is 10.5. The minimum Gasteiger partial charge on any atom is -0.486 e. The molecule has 0 atom stereocenters. The number of rotatable bonds is 8. The molecule has 1 aromatic heterocycles. The van der Waals surface area contributed by atoms with Crippen LogP contribution in [0.5, 0.6) is 5.75 Å². The number of nitrogens with one attached hydrogen (secondary N) is 1. The average Bonchev–Trinajstić information content (AvgIpc) is 3.28. The van der Waals surface area contributed by atoms with Crippen molar-refractivity contribution in [3.63, 3.8) is 0 Å². The van der Waals surface area contributed by atoms with Crippen LogP contribution in [0.1, 0.15) is 47.2 Å². The standard InChI is InChI=1S/C26H30N2O4/c1-19(2)21-6-8-23(9-7-21)31-18-24-10-11-25(32-24)26(29)27-22-5-3-4-20(16-22)17-28-12-14-30-15-13-28/h3-11,16,19H,12-15,17-18H2,1-2H3,(H,27,29). The first-order chi connectivity index (χ1) is 15.6. The van der Waals surface area contributed by atoms with Gasteiger partial charge in [-0.1, -0.05) is 38.1 Å². The van der Waals surface area contributed by atoms with Crippen LogP contribution >= 0.6 is 0 Å². The minimum absolute atomic E-state index is 0.261. The molecular weight excluding hydrogens is 404 g/mol. The van der Waals surface area contributed by atoms with Crippen molar-refractivity contribution < 1.29 is 18.7 Å². The fourth-order valence-electron chi connectivity index (χ4n) is 3.64. The van der Waals surface area contributed by atoms with E-state index in [1.807, 2.05) is 30.3 Å². The van der Waals surface area contributed by atoms with Crippen LogP contribution in [0.15, 0.2) is 65.1 Å². The highest BCUT2D eigenvalue weighted by atomic mass is 16.5. The van der Waals surface area contributed by atoms with Crippen molar-refractivity contribution in [2.45, 2.75) is 32.9 Å². The van der Waals surface area contributed by atoms with Crippen LogP contribution in [-0.2, 0) is 17.9 Å². The monoisotopic (exact) mass is 434 g/mol. The van der Waals surface area contributed by atoms with E-state index < -0.39 is 0 Å². The molecule has 1 N–H and O–H groups in total. The van der Waals surface area contributed by atoms with Gasteiger partial charge in [-0.2, -0.15) is 0 Å². The number of benzene rings is 2. The molecule has 168 valence electrons. The van der Waals surface area contributed by atoms with E-state index in [4.69, 9.17) is 13.9 Å². The molecule has 0 saturated carbocycles. The van der Waals surface area contributed by atoms with Crippen molar-refractivity contribution >= 4 is 11.6 Å². The second-order valence-electron chi connectivity index (χ2n) is 8.32. The molecule has 0 unspecified atom stereocenters. The molecule has 1 fully saturated rings. The third-order valence-electron chi connectivity index (χ3n) is 5.51. The molecule has 4 rings (SSSR count). The van der Waals surface area contributed by atoms with Gasteiger partial charge in [-0.25, -0.2) is 0 Å². The molecule has 1 aliphatic heterocycles. The van der Waals surface area contributed by atoms with E-state index in [9.17, 15) is 4.79 Å². The highest BCUT2D eigenvalue weighted by Crippen LogP contribution is 2.20. The third kappa shape index (κ3) is 5.99. The van der Waals surface area contributed by atoms with Gasteiger partial charge in [-0.3, -0.25) is 9.69 Å². The Balaban J connectivity index is 1.31. The molecule has 1 saturated heterocycles. The number of amides is 1. The Morgan fingerprint density at radius 1 is 1.06 bits per heavy atom. The molecule has 0 radical (unpaired) electrons. The van der Waals surface area contributed by atoms with Crippen molar-refractivity contribution in [2.75, 3.05) is 31.6 Å². The molecule has 6 nitrogen and oxygen atoms in total. The van der Waals surface area contributed by atoms with Crippen LogP contribution in [0.4, 0.5) is 5.69 Å². The molecule has 1 amide bonds. The second-order valence-corrected chi connectivity index (χ2v) is 8.32. The largest absolute Gasteiger partial charge is 0.486 e. The normalized spacial score (nSPS) is 14.5. The predicted octanol–water partition coefficient (Wildman–Crippen LogP) is 5.07. The SMILES string of the molecule is CC(C)c1ccc(OCc2ccc(C(=O)Nc3cccc(CN4CCOCC4)c3)o2)cc1. The molecule has 2 heterocycles. The fraction of sp³-hybridized carbons (Fsp3) is 0.346. The Hall–Kier alpha value is -3.09. The number of hydrogen-bond acceptors (Lipinski definition) is 5. The maximum Gasteiger partial charge on any atom is 0.291 e. The first-order valence-electron chi connectivity index (χ1n) is 11.1. The van der Waals surface area contributed by atoms with E-state index in [2.05, 4.69) is 42.3 Å². The number of morpholine rings is 1. The van der Waals surface area contributed by atoms with Gasteiger partial charge in [0.15, 0.2) is 5.76 Å². The summed E-state index contributed by atoms with van der Waals surface area (Å²) in [5.74, 6) is 1.84. The van der Waals surface area contributed by atoms with Gasteiger partial charge in [-0.15, -0.1) is 0 Å². The molecular formula is C26H30N2O4. The molecule has 1 aliphatic rings. The van der Waals surface area contributed by atoms with Gasteiger partial charge < -0.3 is 19.2 Å². The number of ether oxygens (including phenoxy) is 2. The smallest absolute Gasteiger partial charge is 0.291 e. The predicted molar refractivity (Wildman–Crippen MR) is 124 cm³/mol. The third-order valence-corrected chi connectivity index (χ3v) is 5.51. The zero-order valence-electron chi connectivity index (χ0n) is 18.7. The average molecular weight is 435 g/mol. The zero-order chi connectivity index (χ0) is 22.3. The van der Waals surface area contributed by atoms with Gasteiger partial charge in [0.1, 0.15) is 18.1 Å². The quantitative estimate of drug-likeness (QED) is 0.536. The number of carbonyl (C=O) groups is 1. The lowest BCUT2D eigenvalue weighted by atomic mass is 10.0. The van der Waals surface area contributed by atoms with Crippen molar-refractivity contribution in [1.82, 2.24) is 4.90 Å². The topological polar surface area (TPSA) is 63.9 Å². The Kier molecular flexibility index (Phi) is 7.24. The molecule has 0 spiro atoms. The van der Waals surface area contributed by atoms with E-state index in [-0.39, 0.29) is 18.3 Å². The van der Waals surface area contributed by atoms with E-state index >= 15 is 0 Å². The molecule has 32 heavy (non-hydrogen) atoms. The highest BCUT2D eigenvalue weighted by Gasteiger charge is 2.14. The van der Waals surface area contributed by atoms with Crippen LogP contribution in [0.25, 0.3) is 0 Å². The Labute approximate surface area is 189 Å². The highest BCUT2D eigenvalue weighted by molar-refractivity contribution is 6.02. The van der Waals surface area contributed by atoms with Crippen molar-refractivity contribution in [3.8, 4) is 5.75 Å². The zero-order valence-corrected chi connectivity index (χ0v) is 18.7. The maximum absolute atomic E-state index is 12.6. The van der Waals surface area contributed by atoms with E-state index in [0.29, 0.717) is 11.7 Å². The number of furan rings is 1. The lowest BCUT2D eigenvalue weighted by Gasteiger charge is -2.26. The van der Waals surface area contributed by atoms with Gasteiger partial charge >= 0.3 is 0 Å². The van der Waals surface area contributed by atoms with Crippen LogP contribution in [0.3, 0.4) is 0 Å². The summed E-state index contributed by atoms with van der Waals surface area (Å²) in [5, 5.41) is 2.92. The van der Waals surface area contributed by atoms with Crippen LogP contribution in [0.2, 0.25) is 0 Å². The van der Waals surface area contributed by atoms with Gasteiger partial charge in [0.25, 0.3) is 5.91 Å². The van der Waals surface area contributed by atoms with Crippen molar-refractivity contribution in [3.05, 3.63) is 83.3 Å². The lowest BCUT2D eigenvalue weighted by molar-refractivity contribution is 0.0342. The summed E-state index contributed by atoms with van der Waals surface area (Å²) in [6.07, 6.45) is 0. The van der Waals surface area contributed by atoms with Gasteiger partial charge in [0, 0.05) is 25.3 Å². The fourth-order valence-corrected chi connectivity index (χ4v) is 3.64. The molecule has 6 heteroatoms. The van der Waals surface area contributed by atoms with E-state index in [1.165, 1.54) is 5.56 Å². The lowest BCUT2D eigenvalue weighted by Crippen LogP contribution is -2.35. The number of anilines is 1. The van der Waals surface area contributed by atoms with Gasteiger partial charge in [0.2, 0.25) is 0 Å². The van der Waals surface area contributed by atoms with E-state index in [1.54, 1.807) is 12.1 Å². The Morgan fingerprint density at radius 3 is 2.59 bits per heavy atom.